The van der Waals surface area contributed by atoms with Gasteiger partial charge in [-0.25, -0.2) is 0 Å². The maximum absolute atomic E-state index is 8.78. The van der Waals surface area contributed by atoms with E-state index in [2.05, 4.69) is 23.1 Å². The van der Waals surface area contributed by atoms with Crippen molar-refractivity contribution in [3.8, 4) is 6.07 Å². The SMILES string of the molecule is N#Cc1ccc(CN2CC3CCC(N)C3C2)cc1. The fourth-order valence-electron chi connectivity index (χ4n) is 3.47. The first kappa shape index (κ1) is 11.7. The van der Waals surface area contributed by atoms with E-state index in [1.807, 2.05) is 12.1 Å². The maximum Gasteiger partial charge on any atom is 0.0991 e. The minimum atomic E-state index is 0.418. The minimum absolute atomic E-state index is 0.418. The molecular weight excluding hydrogens is 222 g/mol. The fourth-order valence-corrected chi connectivity index (χ4v) is 3.47. The molecule has 3 heteroatoms. The first-order valence-electron chi connectivity index (χ1n) is 6.73. The van der Waals surface area contributed by atoms with E-state index in [1.54, 1.807) is 0 Å². The second kappa shape index (κ2) is 4.72. The molecule has 0 bridgehead atoms. The van der Waals surface area contributed by atoms with Crippen LogP contribution in [0.25, 0.3) is 0 Å². The predicted octanol–water partition coefficient (Wildman–Crippen LogP) is 1.73. The molecule has 0 aromatic heterocycles. The van der Waals surface area contributed by atoms with E-state index in [-0.39, 0.29) is 0 Å². The summed E-state index contributed by atoms with van der Waals surface area (Å²) in [6.45, 7) is 3.33. The molecule has 0 amide bonds. The first-order chi connectivity index (χ1) is 8.76. The highest BCUT2D eigenvalue weighted by Crippen LogP contribution is 2.37. The number of fused-ring (bicyclic) bond motifs is 1. The van der Waals surface area contributed by atoms with Gasteiger partial charge in [0.1, 0.15) is 0 Å². The zero-order valence-corrected chi connectivity index (χ0v) is 10.5. The Kier molecular flexibility index (Phi) is 3.07. The molecule has 2 N–H and O–H groups in total. The lowest BCUT2D eigenvalue weighted by atomic mass is 9.98. The Morgan fingerprint density at radius 3 is 2.67 bits per heavy atom. The van der Waals surface area contributed by atoms with Gasteiger partial charge in [0.05, 0.1) is 11.6 Å². The second-order valence-electron chi connectivity index (χ2n) is 5.67. The molecule has 3 nitrogen and oxygen atoms in total. The van der Waals surface area contributed by atoms with E-state index in [4.69, 9.17) is 11.0 Å². The van der Waals surface area contributed by atoms with E-state index < -0.39 is 0 Å². The summed E-state index contributed by atoms with van der Waals surface area (Å²) >= 11 is 0. The number of nitrogens with zero attached hydrogens (tertiary/aromatic N) is 2. The molecule has 18 heavy (non-hydrogen) atoms. The van der Waals surface area contributed by atoms with Gasteiger partial charge in [0.25, 0.3) is 0 Å². The van der Waals surface area contributed by atoms with Gasteiger partial charge in [-0.1, -0.05) is 12.1 Å². The van der Waals surface area contributed by atoms with E-state index in [0.717, 1.165) is 24.6 Å². The molecule has 1 saturated carbocycles. The van der Waals surface area contributed by atoms with E-state index in [1.165, 1.54) is 24.9 Å². The van der Waals surface area contributed by atoms with Gasteiger partial charge in [-0.3, -0.25) is 4.90 Å². The molecule has 3 unspecified atom stereocenters. The van der Waals surface area contributed by atoms with Gasteiger partial charge in [-0.05, 0) is 42.4 Å². The Hall–Kier alpha value is -1.37. The van der Waals surface area contributed by atoms with Crippen molar-refractivity contribution in [2.75, 3.05) is 13.1 Å². The topological polar surface area (TPSA) is 53.0 Å². The molecule has 1 saturated heterocycles. The molecule has 1 heterocycles. The average molecular weight is 241 g/mol. The van der Waals surface area contributed by atoms with Gasteiger partial charge < -0.3 is 5.73 Å². The maximum atomic E-state index is 8.78. The largest absolute Gasteiger partial charge is 0.327 e. The molecule has 0 radical (unpaired) electrons. The Bertz CT molecular complexity index is 460. The standard InChI is InChI=1S/C15H19N3/c16-7-11-1-3-12(4-2-11)8-18-9-13-5-6-15(17)14(13)10-18/h1-4,13-15H,5-6,8-10,17H2. The van der Waals surface area contributed by atoms with E-state index in [0.29, 0.717) is 12.0 Å². The Balaban J connectivity index is 1.62. The third-order valence-electron chi connectivity index (χ3n) is 4.48. The molecule has 3 atom stereocenters. The smallest absolute Gasteiger partial charge is 0.0991 e. The van der Waals surface area contributed by atoms with Crippen LogP contribution in [0.2, 0.25) is 0 Å². The quantitative estimate of drug-likeness (QED) is 0.858. The summed E-state index contributed by atoms with van der Waals surface area (Å²) in [5, 5.41) is 8.78. The van der Waals surface area contributed by atoms with Gasteiger partial charge in [-0.15, -0.1) is 0 Å². The third-order valence-corrected chi connectivity index (χ3v) is 4.48. The van der Waals surface area contributed by atoms with Gasteiger partial charge in [-0.2, -0.15) is 5.26 Å². The number of hydrogen-bond acceptors (Lipinski definition) is 3. The van der Waals surface area contributed by atoms with Crippen molar-refractivity contribution in [3.05, 3.63) is 35.4 Å². The second-order valence-corrected chi connectivity index (χ2v) is 5.67. The molecule has 1 aromatic carbocycles. The Morgan fingerprint density at radius 1 is 1.22 bits per heavy atom. The van der Waals surface area contributed by atoms with Crippen LogP contribution in [-0.2, 0) is 6.54 Å². The zero-order chi connectivity index (χ0) is 12.5. The molecule has 0 spiro atoms. The summed E-state index contributed by atoms with van der Waals surface area (Å²) in [4.78, 5) is 2.51. The summed E-state index contributed by atoms with van der Waals surface area (Å²) < 4.78 is 0. The summed E-state index contributed by atoms with van der Waals surface area (Å²) in [6, 6.07) is 10.5. The molecule has 1 aliphatic heterocycles. The van der Waals surface area contributed by atoms with Gasteiger partial charge in [0.15, 0.2) is 0 Å². The van der Waals surface area contributed by atoms with E-state index in [9.17, 15) is 0 Å². The van der Waals surface area contributed by atoms with Crippen LogP contribution in [0.3, 0.4) is 0 Å². The predicted molar refractivity (Wildman–Crippen MR) is 70.6 cm³/mol. The van der Waals surface area contributed by atoms with Gasteiger partial charge >= 0.3 is 0 Å². The number of rotatable bonds is 2. The van der Waals surface area contributed by atoms with Crippen molar-refractivity contribution in [1.82, 2.24) is 4.90 Å². The lowest BCUT2D eigenvalue weighted by molar-refractivity contribution is 0.298. The molecule has 2 aliphatic rings. The number of likely N-dealkylation sites (tertiary alicyclic amines) is 1. The van der Waals surface area contributed by atoms with Crippen molar-refractivity contribution in [1.29, 1.82) is 5.26 Å². The highest BCUT2D eigenvalue weighted by molar-refractivity contribution is 5.31. The fraction of sp³-hybridized carbons (Fsp3) is 0.533. The van der Waals surface area contributed by atoms with Crippen LogP contribution in [0.5, 0.6) is 0 Å². The number of benzene rings is 1. The van der Waals surface area contributed by atoms with Crippen LogP contribution in [0.15, 0.2) is 24.3 Å². The number of nitriles is 1. The van der Waals surface area contributed by atoms with Crippen LogP contribution < -0.4 is 5.73 Å². The minimum Gasteiger partial charge on any atom is -0.327 e. The Morgan fingerprint density at radius 2 is 2.00 bits per heavy atom. The number of nitrogens with two attached hydrogens (primary N) is 1. The van der Waals surface area contributed by atoms with Crippen LogP contribution >= 0.6 is 0 Å². The molecule has 1 aliphatic carbocycles. The number of hydrogen-bond donors (Lipinski definition) is 1. The van der Waals surface area contributed by atoms with Crippen molar-refractivity contribution < 1.29 is 0 Å². The summed E-state index contributed by atoms with van der Waals surface area (Å²) in [7, 11) is 0. The molecule has 3 rings (SSSR count). The average Bonchev–Trinajstić information content (AvgIpc) is 2.93. The summed E-state index contributed by atoms with van der Waals surface area (Å²) in [5.74, 6) is 1.53. The molecule has 2 fully saturated rings. The van der Waals surface area contributed by atoms with Crippen LogP contribution in [0.1, 0.15) is 24.0 Å². The van der Waals surface area contributed by atoms with Crippen LogP contribution in [-0.4, -0.2) is 24.0 Å². The van der Waals surface area contributed by atoms with Crippen molar-refractivity contribution in [2.45, 2.75) is 25.4 Å². The third kappa shape index (κ3) is 2.14. The normalized spacial score (nSPS) is 31.2. The zero-order valence-electron chi connectivity index (χ0n) is 10.5. The first-order valence-corrected chi connectivity index (χ1v) is 6.73. The summed E-state index contributed by atoms with van der Waals surface area (Å²) in [6.07, 6.45) is 2.51. The Labute approximate surface area is 108 Å². The molecular formula is C15H19N3. The highest BCUT2D eigenvalue weighted by Gasteiger charge is 2.40. The monoisotopic (exact) mass is 241 g/mol. The lowest BCUT2D eigenvalue weighted by Gasteiger charge is -2.18. The lowest BCUT2D eigenvalue weighted by Crippen LogP contribution is -2.30. The van der Waals surface area contributed by atoms with Gasteiger partial charge in [0.2, 0.25) is 0 Å². The van der Waals surface area contributed by atoms with Crippen molar-refractivity contribution >= 4 is 0 Å². The van der Waals surface area contributed by atoms with Crippen molar-refractivity contribution in [2.24, 2.45) is 17.6 Å². The van der Waals surface area contributed by atoms with Crippen LogP contribution in [0.4, 0.5) is 0 Å². The molecule has 94 valence electrons. The summed E-state index contributed by atoms with van der Waals surface area (Å²) in [5.41, 5.74) is 8.18. The van der Waals surface area contributed by atoms with E-state index >= 15 is 0 Å². The van der Waals surface area contributed by atoms with Crippen molar-refractivity contribution in [3.63, 3.8) is 0 Å². The highest BCUT2D eigenvalue weighted by atomic mass is 15.2. The van der Waals surface area contributed by atoms with Crippen LogP contribution in [0, 0.1) is 23.2 Å². The molecule has 1 aromatic rings. The van der Waals surface area contributed by atoms with Gasteiger partial charge in [0, 0.05) is 25.7 Å².